The number of alkyl halides is 1. The molecule has 6 atom stereocenters. The molecule has 1 saturated heterocycles. The van der Waals surface area contributed by atoms with Gasteiger partial charge < -0.3 is 44.8 Å². The van der Waals surface area contributed by atoms with Crippen molar-refractivity contribution in [3.63, 3.8) is 0 Å². The Balaban J connectivity index is 1.93. The molecule has 1 fully saturated rings. The standard InChI is InChI=1S/C15H16FN4O13P3/c1-2-14(22)12(21)15(16,7-30-35(26,27)33-36(28,29)32-34(23,24)25)31-13(14)20-6-8(5-17)10-9(18)3-4-19-11(10)20/h1,3-4,6,12-13,21-22H,7H2,(H2,18,19)(H,26,27)(H,28,29)(H2,23,24,25)/t12-,13+,14+,15+/m0/s1. The van der Waals surface area contributed by atoms with Crippen molar-refractivity contribution in [1.29, 1.82) is 5.26 Å². The van der Waals surface area contributed by atoms with Crippen LogP contribution in [0.5, 0.6) is 0 Å². The number of pyridine rings is 1. The second kappa shape index (κ2) is 9.25. The number of terminal acetylenes is 1. The first-order valence-corrected chi connectivity index (χ1v) is 13.6. The number of aliphatic hydroxyl groups is 2. The summed E-state index contributed by atoms with van der Waals surface area (Å²) in [5.41, 5.74) is 2.76. The van der Waals surface area contributed by atoms with Crippen LogP contribution in [0.3, 0.4) is 0 Å². The van der Waals surface area contributed by atoms with Gasteiger partial charge in [-0.3, -0.25) is 4.52 Å². The highest BCUT2D eigenvalue weighted by Crippen LogP contribution is 2.66. The van der Waals surface area contributed by atoms with Crippen LogP contribution in [0.15, 0.2) is 18.5 Å². The predicted octanol–water partition coefficient (Wildman–Crippen LogP) is -0.247. The van der Waals surface area contributed by atoms with E-state index in [9.17, 15) is 39.0 Å². The summed E-state index contributed by atoms with van der Waals surface area (Å²) in [4.78, 5) is 39.8. The van der Waals surface area contributed by atoms with Crippen molar-refractivity contribution in [1.82, 2.24) is 9.55 Å². The second-order valence-corrected chi connectivity index (χ2v) is 11.6. The van der Waals surface area contributed by atoms with Crippen molar-refractivity contribution in [2.24, 2.45) is 0 Å². The average molecular weight is 572 g/mol. The molecule has 0 amide bonds. The molecule has 8 N–H and O–H groups in total. The van der Waals surface area contributed by atoms with Gasteiger partial charge in [0.2, 0.25) is 5.60 Å². The Labute approximate surface area is 199 Å². The van der Waals surface area contributed by atoms with Crippen molar-refractivity contribution in [2.75, 3.05) is 12.3 Å². The number of hydrogen-bond acceptors (Lipinski definition) is 12. The van der Waals surface area contributed by atoms with Crippen LogP contribution in [0.25, 0.3) is 11.0 Å². The summed E-state index contributed by atoms with van der Waals surface area (Å²) in [5, 5.41) is 30.7. The SMILES string of the molecule is C#C[C@]1(O)[C@H](n2cc(C#N)c3c(N)ccnc32)O[C@](F)(COP(=O)(O)OP(=O)(O)OP(=O)(O)O)[C@H]1O. The zero-order chi connectivity index (χ0) is 27.3. The Bertz CT molecular complexity index is 1430. The largest absolute Gasteiger partial charge is 0.490 e. The molecule has 2 aromatic heterocycles. The van der Waals surface area contributed by atoms with E-state index in [0.717, 1.165) is 10.8 Å². The summed E-state index contributed by atoms with van der Waals surface area (Å²) in [6.45, 7) is -1.79. The molecule has 0 radical (unpaired) electrons. The number of aromatic nitrogens is 2. The molecule has 21 heteroatoms. The normalized spacial score (nSPS) is 29.8. The first-order chi connectivity index (χ1) is 16.4. The minimum Gasteiger partial charge on any atom is -0.398 e. The highest BCUT2D eigenvalue weighted by Gasteiger charge is 2.65. The number of nitrogen functional groups attached to an aromatic ring is 1. The van der Waals surface area contributed by atoms with Crippen molar-refractivity contribution < 1.29 is 65.8 Å². The van der Waals surface area contributed by atoms with Gasteiger partial charge in [-0.1, -0.05) is 5.92 Å². The summed E-state index contributed by atoms with van der Waals surface area (Å²) in [5.74, 6) is -1.88. The summed E-state index contributed by atoms with van der Waals surface area (Å²) in [7, 11) is -17.4. The van der Waals surface area contributed by atoms with Crippen LogP contribution < -0.4 is 5.73 Å². The number of ether oxygens (including phenoxy) is 1. The van der Waals surface area contributed by atoms with Gasteiger partial charge in [0.1, 0.15) is 18.3 Å². The van der Waals surface area contributed by atoms with Crippen LogP contribution in [-0.4, -0.2) is 63.5 Å². The molecule has 1 aliphatic rings. The molecule has 0 spiro atoms. The molecule has 0 aliphatic carbocycles. The monoisotopic (exact) mass is 572 g/mol. The van der Waals surface area contributed by atoms with Gasteiger partial charge in [-0.15, -0.1) is 6.42 Å². The minimum absolute atomic E-state index is 0.0669. The maximum Gasteiger partial charge on any atom is 0.490 e. The molecule has 0 bridgehead atoms. The number of hydrogen-bond donors (Lipinski definition) is 7. The van der Waals surface area contributed by atoms with Gasteiger partial charge >= 0.3 is 23.5 Å². The van der Waals surface area contributed by atoms with E-state index in [1.54, 1.807) is 12.0 Å². The van der Waals surface area contributed by atoms with Crippen molar-refractivity contribution in [3.8, 4) is 18.4 Å². The Morgan fingerprint density at radius 1 is 1.28 bits per heavy atom. The number of nitriles is 1. The molecule has 3 rings (SSSR count). The van der Waals surface area contributed by atoms with Gasteiger partial charge in [-0.05, 0) is 6.07 Å². The lowest BCUT2D eigenvalue weighted by molar-refractivity contribution is -0.203. The van der Waals surface area contributed by atoms with E-state index in [4.69, 9.17) is 26.7 Å². The Kier molecular flexibility index (Phi) is 7.28. The van der Waals surface area contributed by atoms with E-state index in [1.807, 2.05) is 0 Å². The van der Waals surface area contributed by atoms with E-state index < -0.39 is 53.9 Å². The van der Waals surface area contributed by atoms with Crippen molar-refractivity contribution in [3.05, 3.63) is 24.0 Å². The van der Waals surface area contributed by atoms with Gasteiger partial charge in [0.05, 0.1) is 10.9 Å². The summed E-state index contributed by atoms with van der Waals surface area (Å²) >= 11 is 0. The third-order valence-electron chi connectivity index (χ3n) is 4.70. The number of phosphoric ester groups is 1. The van der Waals surface area contributed by atoms with Crippen LogP contribution in [0.1, 0.15) is 11.8 Å². The lowest BCUT2D eigenvalue weighted by Crippen LogP contribution is -2.50. The Hall–Kier alpha value is -2.24. The lowest BCUT2D eigenvalue weighted by atomic mass is 9.94. The van der Waals surface area contributed by atoms with Crippen LogP contribution in [-0.2, 0) is 31.6 Å². The molecule has 0 saturated carbocycles. The summed E-state index contributed by atoms with van der Waals surface area (Å²) in [6, 6.07) is 3.14. The topological polar surface area (TPSA) is 277 Å². The molecule has 3 heterocycles. The molecule has 2 aromatic rings. The van der Waals surface area contributed by atoms with Crippen LogP contribution in [0, 0.1) is 23.7 Å². The van der Waals surface area contributed by atoms with E-state index in [2.05, 4.69) is 18.1 Å². The molecule has 36 heavy (non-hydrogen) atoms. The minimum atomic E-state index is -5.92. The highest BCUT2D eigenvalue weighted by molar-refractivity contribution is 7.66. The average Bonchev–Trinajstić information content (AvgIpc) is 3.20. The van der Waals surface area contributed by atoms with E-state index in [1.165, 1.54) is 12.3 Å². The second-order valence-electron chi connectivity index (χ2n) is 7.15. The molecule has 0 aromatic carbocycles. The first kappa shape index (κ1) is 28.3. The molecule has 2 unspecified atom stereocenters. The Morgan fingerprint density at radius 2 is 1.92 bits per heavy atom. The van der Waals surface area contributed by atoms with E-state index in [-0.39, 0.29) is 22.3 Å². The van der Waals surface area contributed by atoms with E-state index in [0.29, 0.717) is 0 Å². The fourth-order valence-electron chi connectivity index (χ4n) is 3.27. The number of phosphoric acid groups is 3. The highest BCUT2D eigenvalue weighted by atomic mass is 31.3. The quantitative estimate of drug-likeness (QED) is 0.159. The molecular weight excluding hydrogens is 556 g/mol. The fraction of sp³-hybridized carbons (Fsp3) is 0.333. The smallest absolute Gasteiger partial charge is 0.398 e. The number of anilines is 1. The number of halogens is 1. The summed E-state index contributed by atoms with van der Waals surface area (Å²) in [6.07, 6.45) is 2.77. The molecule has 1 aliphatic heterocycles. The summed E-state index contributed by atoms with van der Waals surface area (Å²) < 4.78 is 66.7. The third kappa shape index (κ3) is 5.38. The predicted molar refractivity (Wildman–Crippen MR) is 112 cm³/mol. The zero-order valence-electron chi connectivity index (χ0n) is 17.4. The number of nitrogens with zero attached hydrogens (tertiary/aromatic N) is 3. The number of nitrogens with two attached hydrogens (primary N) is 1. The van der Waals surface area contributed by atoms with Gasteiger partial charge in [-0.25, -0.2) is 23.1 Å². The number of fused-ring (bicyclic) bond motifs is 1. The number of rotatable bonds is 8. The molecule has 196 valence electrons. The molecular formula is C15H16FN4O13P3. The van der Waals surface area contributed by atoms with Gasteiger partial charge in [0, 0.05) is 18.1 Å². The third-order valence-corrected chi connectivity index (χ3v) is 8.48. The van der Waals surface area contributed by atoms with Crippen LogP contribution in [0.4, 0.5) is 10.1 Å². The number of aliphatic hydroxyl groups excluding tert-OH is 1. The Morgan fingerprint density at radius 3 is 2.47 bits per heavy atom. The van der Waals surface area contributed by atoms with Crippen LogP contribution in [0.2, 0.25) is 0 Å². The molecule has 17 nitrogen and oxygen atoms in total. The van der Waals surface area contributed by atoms with E-state index >= 15 is 4.39 Å². The fourth-order valence-corrected chi connectivity index (χ4v) is 6.31. The van der Waals surface area contributed by atoms with Crippen molar-refractivity contribution in [2.45, 2.75) is 23.8 Å². The lowest BCUT2D eigenvalue weighted by Gasteiger charge is -2.27. The zero-order valence-corrected chi connectivity index (χ0v) is 20.0. The van der Waals surface area contributed by atoms with Gasteiger partial charge in [0.15, 0.2) is 12.3 Å². The van der Waals surface area contributed by atoms with Gasteiger partial charge in [0.25, 0.3) is 5.85 Å². The van der Waals surface area contributed by atoms with Gasteiger partial charge in [-0.2, -0.15) is 13.9 Å². The maximum absolute atomic E-state index is 15.6. The van der Waals surface area contributed by atoms with Crippen LogP contribution >= 0.6 is 23.5 Å². The maximum atomic E-state index is 15.6. The van der Waals surface area contributed by atoms with Crippen molar-refractivity contribution >= 4 is 40.2 Å². The first-order valence-electron chi connectivity index (χ1n) is 9.06.